The van der Waals surface area contributed by atoms with Crippen molar-refractivity contribution in [3.63, 3.8) is 0 Å². The number of para-hydroxylation sites is 1. The van der Waals surface area contributed by atoms with E-state index in [4.69, 9.17) is 0 Å². The van der Waals surface area contributed by atoms with Gasteiger partial charge in [0.1, 0.15) is 17.3 Å². The van der Waals surface area contributed by atoms with Crippen molar-refractivity contribution in [2.75, 3.05) is 30.0 Å². The predicted octanol–water partition coefficient (Wildman–Crippen LogP) is 4.94. The number of fused-ring (bicyclic) bond motifs is 1. The van der Waals surface area contributed by atoms with Crippen molar-refractivity contribution in [1.82, 2.24) is 14.5 Å². The normalized spacial score (nSPS) is 11.7. The zero-order chi connectivity index (χ0) is 33.9. The van der Waals surface area contributed by atoms with E-state index in [0.717, 1.165) is 24.3 Å². The summed E-state index contributed by atoms with van der Waals surface area (Å²) in [6.45, 7) is 0.183. The van der Waals surface area contributed by atoms with Crippen LogP contribution in [0.4, 0.5) is 33.6 Å². The van der Waals surface area contributed by atoms with Gasteiger partial charge < -0.3 is 20.4 Å². The highest BCUT2D eigenvalue weighted by atomic mass is 19.4. The average molecular weight is 654 g/mol. The molecule has 0 aliphatic rings. The summed E-state index contributed by atoms with van der Waals surface area (Å²) < 4.78 is 72.2. The number of carbonyl (C=O) groups excluding carboxylic acids is 1. The number of alkyl halides is 3. The van der Waals surface area contributed by atoms with E-state index in [2.05, 4.69) is 15.3 Å². The van der Waals surface area contributed by atoms with Crippen molar-refractivity contribution in [2.24, 2.45) is 0 Å². The van der Waals surface area contributed by atoms with Crippen molar-refractivity contribution in [3.8, 4) is 16.9 Å². The van der Waals surface area contributed by atoms with Crippen LogP contribution in [0.3, 0.4) is 0 Å². The Bertz CT molecular complexity index is 1960. The van der Waals surface area contributed by atoms with Gasteiger partial charge in [0.25, 0.3) is 5.56 Å². The highest BCUT2D eigenvalue weighted by molar-refractivity contribution is 5.99. The number of carbonyl (C=O) groups is 1. The first kappa shape index (κ1) is 33.2. The number of halogens is 5. The van der Waals surface area contributed by atoms with Crippen molar-refractivity contribution in [2.45, 2.75) is 25.6 Å². The lowest BCUT2D eigenvalue weighted by Crippen LogP contribution is -2.42. The van der Waals surface area contributed by atoms with Crippen LogP contribution in [-0.2, 0) is 11.2 Å². The molecule has 0 saturated carbocycles. The number of rotatable bonds is 10. The third-order valence-electron chi connectivity index (χ3n) is 7.43. The minimum atomic E-state index is -5.19. The fourth-order valence-corrected chi connectivity index (χ4v) is 5.05. The second kappa shape index (κ2) is 13.6. The Labute approximate surface area is 264 Å². The number of hydrogen-bond donors (Lipinski definition) is 3. The zero-order valence-electron chi connectivity index (χ0n) is 24.8. The van der Waals surface area contributed by atoms with Gasteiger partial charge in [0.2, 0.25) is 5.95 Å². The number of hydrogen-bond acceptors (Lipinski definition) is 7. The van der Waals surface area contributed by atoms with Crippen LogP contribution in [0.1, 0.15) is 11.1 Å². The fraction of sp³-hybridized carbons (Fsp3) is 0.212. The van der Waals surface area contributed by atoms with Crippen LogP contribution >= 0.6 is 0 Å². The largest absolute Gasteiger partial charge is 0.471 e. The van der Waals surface area contributed by atoms with E-state index >= 15 is 8.78 Å². The molecule has 0 saturated heterocycles. The van der Waals surface area contributed by atoms with E-state index in [1.807, 2.05) is 0 Å². The Morgan fingerprint density at radius 3 is 2.26 bits per heavy atom. The van der Waals surface area contributed by atoms with Crippen LogP contribution in [0, 0.1) is 18.6 Å². The van der Waals surface area contributed by atoms with E-state index < -0.39 is 54.2 Å². The molecule has 0 unspecified atom stereocenters. The fourth-order valence-electron chi connectivity index (χ4n) is 5.05. The first-order valence-corrected chi connectivity index (χ1v) is 14.3. The van der Waals surface area contributed by atoms with E-state index in [0.29, 0.717) is 20.6 Å². The summed E-state index contributed by atoms with van der Waals surface area (Å²) in [7, 11) is 0. The topological polar surface area (TPSA) is 121 Å². The minimum absolute atomic E-state index is 0.0273. The van der Waals surface area contributed by atoms with Gasteiger partial charge in [-0.25, -0.2) is 13.8 Å². The third kappa shape index (κ3) is 6.98. The quantitative estimate of drug-likeness (QED) is 0.183. The van der Waals surface area contributed by atoms with Gasteiger partial charge >= 0.3 is 12.1 Å². The summed E-state index contributed by atoms with van der Waals surface area (Å²) in [6.07, 6.45) is -5.08. The van der Waals surface area contributed by atoms with Crippen LogP contribution in [0.15, 0.2) is 83.7 Å². The van der Waals surface area contributed by atoms with Gasteiger partial charge in [-0.2, -0.15) is 18.2 Å². The summed E-state index contributed by atoms with van der Waals surface area (Å²) in [5, 5.41) is 22.1. The zero-order valence-corrected chi connectivity index (χ0v) is 24.8. The van der Waals surface area contributed by atoms with Crippen LogP contribution in [0.25, 0.3) is 28.0 Å². The molecule has 9 nitrogen and oxygen atoms in total. The van der Waals surface area contributed by atoms with E-state index in [9.17, 15) is 33.0 Å². The molecule has 14 heteroatoms. The second-order valence-corrected chi connectivity index (χ2v) is 10.6. The molecule has 0 bridgehead atoms. The molecule has 47 heavy (non-hydrogen) atoms. The molecule has 3 N–H and O–H groups in total. The maximum absolute atomic E-state index is 15.0. The Balaban J connectivity index is 1.75. The van der Waals surface area contributed by atoms with Crippen molar-refractivity contribution >= 4 is 28.6 Å². The summed E-state index contributed by atoms with van der Waals surface area (Å²) in [5.41, 5.74) is -0.543. The highest BCUT2D eigenvalue weighted by Crippen LogP contribution is 2.35. The second-order valence-electron chi connectivity index (χ2n) is 10.6. The van der Waals surface area contributed by atoms with Gasteiger partial charge in [-0.05, 0) is 54.8 Å². The monoisotopic (exact) mass is 653 g/mol. The SMILES string of the molecule is Cc1ccc(N(CCc2ccccc2)C(=O)C(F)(F)F)cc1-c1nc(NC(CO)CO)nc2c1ccc(=O)n2-c1c(F)cccc1F. The molecule has 0 radical (unpaired) electrons. The van der Waals surface area contributed by atoms with Crippen molar-refractivity contribution in [3.05, 3.63) is 112 Å². The highest BCUT2D eigenvalue weighted by Gasteiger charge is 2.43. The average Bonchev–Trinajstić information content (AvgIpc) is 3.04. The Hall–Kier alpha value is -5.21. The number of nitrogens with zero attached hydrogens (tertiary/aromatic N) is 4. The number of aryl methyl sites for hydroxylation is 1. The Morgan fingerprint density at radius 1 is 0.936 bits per heavy atom. The van der Waals surface area contributed by atoms with Crippen LogP contribution in [0.2, 0.25) is 0 Å². The van der Waals surface area contributed by atoms with Crippen LogP contribution in [-0.4, -0.2) is 62.6 Å². The van der Waals surface area contributed by atoms with Crippen LogP contribution in [0.5, 0.6) is 0 Å². The van der Waals surface area contributed by atoms with E-state index in [1.54, 1.807) is 37.3 Å². The number of nitrogens with one attached hydrogen (secondary N) is 1. The molecule has 0 aliphatic carbocycles. The van der Waals surface area contributed by atoms with E-state index in [-0.39, 0.29) is 46.9 Å². The first-order valence-electron chi connectivity index (χ1n) is 14.3. The Morgan fingerprint density at radius 2 is 1.62 bits per heavy atom. The van der Waals surface area contributed by atoms with Gasteiger partial charge in [0.05, 0.1) is 24.9 Å². The van der Waals surface area contributed by atoms with Gasteiger partial charge in [0, 0.05) is 29.2 Å². The minimum Gasteiger partial charge on any atom is -0.394 e. The summed E-state index contributed by atoms with van der Waals surface area (Å²) >= 11 is 0. The van der Waals surface area contributed by atoms with Crippen molar-refractivity contribution in [1.29, 1.82) is 0 Å². The molecule has 0 spiro atoms. The van der Waals surface area contributed by atoms with Crippen LogP contribution < -0.4 is 15.8 Å². The maximum Gasteiger partial charge on any atom is 0.471 e. The molecule has 3 aromatic carbocycles. The lowest BCUT2D eigenvalue weighted by atomic mass is 10.0. The number of amides is 1. The molecule has 5 aromatic rings. The third-order valence-corrected chi connectivity index (χ3v) is 7.43. The lowest BCUT2D eigenvalue weighted by Gasteiger charge is -2.25. The van der Waals surface area contributed by atoms with Gasteiger partial charge in [-0.3, -0.25) is 14.2 Å². The molecular formula is C33H28F5N5O4. The lowest BCUT2D eigenvalue weighted by molar-refractivity contribution is -0.170. The number of aliphatic hydroxyl groups excluding tert-OH is 2. The number of aliphatic hydroxyl groups is 2. The summed E-state index contributed by atoms with van der Waals surface area (Å²) in [6, 6.07) is 17.2. The molecule has 1 amide bonds. The molecule has 244 valence electrons. The smallest absolute Gasteiger partial charge is 0.394 e. The molecule has 2 heterocycles. The van der Waals surface area contributed by atoms with Gasteiger partial charge in [0.15, 0.2) is 5.65 Å². The molecular weight excluding hydrogens is 625 g/mol. The molecule has 5 rings (SSSR count). The number of benzene rings is 3. The van der Waals surface area contributed by atoms with Gasteiger partial charge in [-0.15, -0.1) is 0 Å². The molecule has 0 aliphatic heterocycles. The number of aromatic nitrogens is 3. The van der Waals surface area contributed by atoms with Gasteiger partial charge in [-0.1, -0.05) is 42.5 Å². The maximum atomic E-state index is 15.0. The standard InChI is InChI=1S/C33H28F5N5O4/c1-19-10-11-22(42(31(47)33(36,37)38)15-14-20-6-3-2-4-7-20)16-24(19)28-23-12-13-27(46)43(29-25(34)8-5-9-26(29)35)30(23)41-32(40-28)39-21(17-44)18-45/h2-13,16,21,44-45H,14-15,17-18H2,1H3,(H,39,40,41). The Kier molecular flexibility index (Phi) is 9.63. The molecule has 0 atom stereocenters. The predicted molar refractivity (Wildman–Crippen MR) is 165 cm³/mol. The summed E-state index contributed by atoms with van der Waals surface area (Å²) in [4.78, 5) is 35.2. The first-order chi connectivity index (χ1) is 22.4. The number of pyridine rings is 1. The summed E-state index contributed by atoms with van der Waals surface area (Å²) in [5.74, 6) is -4.50. The number of anilines is 2. The molecule has 0 fully saturated rings. The van der Waals surface area contributed by atoms with E-state index in [1.165, 1.54) is 24.3 Å². The molecule has 2 aromatic heterocycles. The van der Waals surface area contributed by atoms with Crippen molar-refractivity contribution < 1.29 is 37.0 Å².